The van der Waals surface area contributed by atoms with Crippen LogP contribution in [0, 0.1) is 13.8 Å². The van der Waals surface area contributed by atoms with Crippen molar-refractivity contribution in [3.05, 3.63) is 58.6 Å². The highest BCUT2D eigenvalue weighted by atomic mass is 35.5. The summed E-state index contributed by atoms with van der Waals surface area (Å²) in [6.45, 7) is 3.88. The largest absolute Gasteiger partial charge is 0.372 e. The lowest BCUT2D eigenvalue weighted by Gasteiger charge is -2.18. The second-order valence-corrected chi connectivity index (χ2v) is 6.15. The number of hydrogen-bond acceptors (Lipinski definition) is 3. The van der Waals surface area contributed by atoms with Gasteiger partial charge in [0.1, 0.15) is 6.04 Å². The summed E-state index contributed by atoms with van der Waals surface area (Å²) in [5.41, 5.74) is 3.30. The second-order valence-electron chi connectivity index (χ2n) is 5.74. The number of para-hydroxylation sites is 1. The molecule has 1 aliphatic heterocycles. The Morgan fingerprint density at radius 2 is 1.87 bits per heavy atom. The van der Waals surface area contributed by atoms with Crippen molar-refractivity contribution >= 4 is 34.8 Å². The molecule has 0 spiro atoms. The lowest BCUT2D eigenvalue weighted by Crippen LogP contribution is -2.35. The molecule has 1 fully saturated rings. The molecular formula is C18H17ClN2O2. The third-order valence-electron chi connectivity index (χ3n) is 3.94. The Morgan fingerprint density at radius 1 is 1.13 bits per heavy atom. The van der Waals surface area contributed by atoms with E-state index in [1.165, 1.54) is 4.90 Å². The van der Waals surface area contributed by atoms with Gasteiger partial charge in [-0.25, -0.2) is 4.90 Å². The Labute approximate surface area is 140 Å². The van der Waals surface area contributed by atoms with Crippen LogP contribution < -0.4 is 10.2 Å². The van der Waals surface area contributed by atoms with Gasteiger partial charge in [-0.05, 0) is 37.6 Å². The summed E-state index contributed by atoms with van der Waals surface area (Å²) in [4.78, 5) is 26.3. The van der Waals surface area contributed by atoms with Crippen LogP contribution in [0.1, 0.15) is 17.5 Å². The molecule has 2 aromatic carbocycles. The molecule has 4 nitrogen and oxygen atoms in total. The zero-order valence-electron chi connectivity index (χ0n) is 13.0. The molecule has 1 saturated heterocycles. The number of amides is 2. The van der Waals surface area contributed by atoms with Gasteiger partial charge >= 0.3 is 0 Å². The zero-order valence-corrected chi connectivity index (χ0v) is 13.7. The fourth-order valence-electron chi connectivity index (χ4n) is 2.82. The summed E-state index contributed by atoms with van der Waals surface area (Å²) in [6, 6.07) is 12.3. The van der Waals surface area contributed by atoms with Gasteiger partial charge in [-0.2, -0.15) is 0 Å². The number of halogens is 1. The Kier molecular flexibility index (Phi) is 4.09. The molecule has 2 amide bonds. The molecule has 23 heavy (non-hydrogen) atoms. The van der Waals surface area contributed by atoms with Crippen LogP contribution in [-0.4, -0.2) is 17.9 Å². The van der Waals surface area contributed by atoms with E-state index in [1.54, 1.807) is 12.1 Å². The molecule has 3 rings (SSSR count). The van der Waals surface area contributed by atoms with Crippen LogP contribution in [-0.2, 0) is 9.59 Å². The lowest BCUT2D eigenvalue weighted by atomic mass is 10.1. The summed E-state index contributed by atoms with van der Waals surface area (Å²) in [6.07, 6.45) is 0.122. The number of rotatable bonds is 3. The Balaban J connectivity index is 1.87. The van der Waals surface area contributed by atoms with E-state index in [4.69, 9.17) is 11.6 Å². The number of nitrogens with one attached hydrogen (secondary N) is 1. The highest BCUT2D eigenvalue weighted by Crippen LogP contribution is 2.29. The van der Waals surface area contributed by atoms with Crippen LogP contribution in [0.2, 0.25) is 5.02 Å². The van der Waals surface area contributed by atoms with Gasteiger partial charge in [0.2, 0.25) is 5.91 Å². The van der Waals surface area contributed by atoms with Gasteiger partial charge in [-0.15, -0.1) is 0 Å². The smallest absolute Gasteiger partial charge is 0.256 e. The number of imide groups is 1. The van der Waals surface area contributed by atoms with Crippen LogP contribution in [0.3, 0.4) is 0 Å². The lowest BCUT2D eigenvalue weighted by molar-refractivity contribution is -0.121. The molecule has 1 aliphatic rings. The van der Waals surface area contributed by atoms with Crippen molar-refractivity contribution in [3.8, 4) is 0 Å². The first kappa shape index (κ1) is 15.6. The van der Waals surface area contributed by atoms with Crippen molar-refractivity contribution in [2.24, 2.45) is 0 Å². The normalized spacial score (nSPS) is 17.7. The van der Waals surface area contributed by atoms with Crippen molar-refractivity contribution in [1.82, 2.24) is 0 Å². The molecule has 0 aliphatic carbocycles. The van der Waals surface area contributed by atoms with Crippen molar-refractivity contribution in [1.29, 1.82) is 0 Å². The van der Waals surface area contributed by atoms with Crippen molar-refractivity contribution in [2.45, 2.75) is 26.3 Å². The van der Waals surface area contributed by atoms with E-state index in [2.05, 4.69) is 5.32 Å². The van der Waals surface area contributed by atoms with Crippen molar-refractivity contribution in [2.75, 3.05) is 10.2 Å². The number of hydrogen-bond donors (Lipinski definition) is 1. The van der Waals surface area contributed by atoms with E-state index < -0.39 is 6.04 Å². The topological polar surface area (TPSA) is 49.4 Å². The molecule has 1 atom stereocenters. The number of carbonyl (C=O) groups excluding carboxylic acids is 2. The van der Waals surface area contributed by atoms with Gasteiger partial charge < -0.3 is 5.32 Å². The molecule has 1 N–H and O–H groups in total. The SMILES string of the molecule is Cc1ccc(N2C(=O)C[C@H](Nc3ccccc3Cl)C2=O)c(C)c1. The fourth-order valence-corrected chi connectivity index (χ4v) is 3.01. The number of anilines is 2. The van der Waals surface area contributed by atoms with Crippen LogP contribution in [0.4, 0.5) is 11.4 Å². The number of benzene rings is 2. The molecule has 118 valence electrons. The first-order chi connectivity index (χ1) is 11.0. The van der Waals surface area contributed by atoms with Gasteiger partial charge in [0, 0.05) is 0 Å². The highest BCUT2D eigenvalue weighted by Gasteiger charge is 2.40. The Bertz CT molecular complexity index is 788. The quantitative estimate of drug-likeness (QED) is 0.874. The standard InChI is InChI=1S/C18H17ClN2O2/c1-11-7-8-16(12(2)9-11)21-17(22)10-15(18(21)23)20-14-6-4-3-5-13(14)19/h3-9,15,20H,10H2,1-2H3/t15-/m0/s1. The molecule has 0 unspecified atom stereocenters. The third-order valence-corrected chi connectivity index (χ3v) is 4.27. The van der Waals surface area contributed by atoms with E-state index in [0.29, 0.717) is 16.4 Å². The molecule has 5 heteroatoms. The minimum absolute atomic E-state index is 0.122. The molecule has 0 radical (unpaired) electrons. The van der Waals surface area contributed by atoms with Crippen molar-refractivity contribution in [3.63, 3.8) is 0 Å². The van der Waals surface area contributed by atoms with Gasteiger partial charge in [-0.3, -0.25) is 9.59 Å². The Morgan fingerprint density at radius 3 is 2.57 bits per heavy atom. The van der Waals surface area contributed by atoms with E-state index in [0.717, 1.165) is 11.1 Å². The Hall–Kier alpha value is -2.33. The van der Waals surface area contributed by atoms with Crippen LogP contribution in [0.15, 0.2) is 42.5 Å². The average Bonchev–Trinajstić information content (AvgIpc) is 2.77. The van der Waals surface area contributed by atoms with Crippen LogP contribution in [0.5, 0.6) is 0 Å². The summed E-state index contributed by atoms with van der Waals surface area (Å²) < 4.78 is 0. The molecule has 1 heterocycles. The first-order valence-electron chi connectivity index (χ1n) is 7.42. The first-order valence-corrected chi connectivity index (χ1v) is 7.80. The van der Waals surface area contributed by atoms with E-state index in [1.807, 2.05) is 44.2 Å². The monoisotopic (exact) mass is 328 g/mol. The maximum Gasteiger partial charge on any atom is 0.256 e. The minimum atomic E-state index is -0.594. The predicted octanol–water partition coefficient (Wildman–Crippen LogP) is 3.70. The predicted molar refractivity (Wildman–Crippen MR) is 91.9 cm³/mol. The second kappa shape index (κ2) is 6.05. The van der Waals surface area contributed by atoms with Gasteiger partial charge in [0.25, 0.3) is 5.91 Å². The van der Waals surface area contributed by atoms with Crippen LogP contribution in [0.25, 0.3) is 0 Å². The van der Waals surface area contributed by atoms with E-state index in [9.17, 15) is 9.59 Å². The molecule has 0 saturated carbocycles. The molecule has 0 aromatic heterocycles. The maximum absolute atomic E-state index is 12.7. The number of nitrogens with zero attached hydrogens (tertiary/aromatic N) is 1. The maximum atomic E-state index is 12.7. The summed E-state index contributed by atoms with van der Waals surface area (Å²) in [5, 5.41) is 3.60. The minimum Gasteiger partial charge on any atom is -0.372 e. The summed E-state index contributed by atoms with van der Waals surface area (Å²) >= 11 is 6.11. The third kappa shape index (κ3) is 2.94. The van der Waals surface area contributed by atoms with E-state index in [-0.39, 0.29) is 18.2 Å². The number of aryl methyl sites for hydroxylation is 2. The van der Waals surface area contributed by atoms with E-state index >= 15 is 0 Å². The van der Waals surface area contributed by atoms with Crippen LogP contribution >= 0.6 is 11.6 Å². The molecular weight excluding hydrogens is 312 g/mol. The average molecular weight is 329 g/mol. The summed E-state index contributed by atoms with van der Waals surface area (Å²) in [5.74, 6) is -0.451. The zero-order chi connectivity index (χ0) is 16.6. The molecule has 2 aromatic rings. The van der Waals surface area contributed by atoms with Crippen molar-refractivity contribution < 1.29 is 9.59 Å². The highest BCUT2D eigenvalue weighted by molar-refractivity contribution is 6.33. The van der Waals surface area contributed by atoms with Gasteiger partial charge in [-0.1, -0.05) is 41.4 Å². The number of carbonyl (C=O) groups is 2. The molecule has 0 bridgehead atoms. The van der Waals surface area contributed by atoms with Gasteiger partial charge in [0.15, 0.2) is 0 Å². The fraction of sp³-hybridized carbons (Fsp3) is 0.222. The summed E-state index contributed by atoms with van der Waals surface area (Å²) in [7, 11) is 0. The van der Waals surface area contributed by atoms with Gasteiger partial charge in [0.05, 0.1) is 22.8 Å².